The van der Waals surface area contributed by atoms with Crippen LogP contribution in [0, 0.1) is 12.7 Å². The maximum Gasteiger partial charge on any atom is 0.282 e. The van der Waals surface area contributed by atoms with Gasteiger partial charge in [-0.25, -0.2) is 13.2 Å². The summed E-state index contributed by atoms with van der Waals surface area (Å²) in [6.07, 6.45) is -1.19. The Balaban J connectivity index is 1.71. The molecule has 2 aromatic heterocycles. The molecule has 0 fully saturated rings. The number of nitrogens with one attached hydrogen (secondary N) is 1. The van der Waals surface area contributed by atoms with Crippen molar-refractivity contribution in [3.05, 3.63) is 64.3 Å². The topological polar surface area (TPSA) is 64.7 Å². The Bertz CT molecular complexity index is 984. The molecule has 0 aliphatic heterocycles. The summed E-state index contributed by atoms with van der Waals surface area (Å²) in [5, 5.41) is 10.8. The van der Waals surface area contributed by atoms with E-state index in [9.17, 15) is 18.0 Å². The molecule has 0 aliphatic carbocycles. The summed E-state index contributed by atoms with van der Waals surface area (Å²) in [5.41, 5.74) is 0.850. The molecule has 10 heteroatoms. The quantitative estimate of drug-likeness (QED) is 0.655. The average molecular weight is 412 g/mol. The number of carbonyl (C=O) groups is 1. The van der Waals surface area contributed by atoms with Crippen LogP contribution in [0.5, 0.6) is 0 Å². The Kier molecular flexibility index (Phi) is 5.73. The third-order valence-electron chi connectivity index (χ3n) is 4.13. The van der Waals surface area contributed by atoms with Crippen molar-refractivity contribution in [1.29, 1.82) is 0 Å². The van der Waals surface area contributed by atoms with Crippen molar-refractivity contribution in [3.8, 4) is 0 Å². The van der Waals surface area contributed by atoms with E-state index in [0.717, 1.165) is 5.56 Å². The molecule has 148 valence electrons. The lowest BCUT2D eigenvalue weighted by Gasteiger charge is -2.13. The van der Waals surface area contributed by atoms with Gasteiger partial charge in [-0.15, -0.1) is 0 Å². The number of amides is 1. The van der Waals surface area contributed by atoms with E-state index < -0.39 is 24.1 Å². The normalized spacial score (nSPS) is 12.4. The van der Waals surface area contributed by atoms with Crippen LogP contribution in [-0.2, 0) is 11.3 Å². The largest absolute Gasteiger partial charge is 0.306 e. The first-order valence-electron chi connectivity index (χ1n) is 8.37. The molecular formula is C18H17ClF3N5O. The summed E-state index contributed by atoms with van der Waals surface area (Å²) in [5.74, 6) is -0.700. The highest BCUT2D eigenvalue weighted by Crippen LogP contribution is 2.23. The van der Waals surface area contributed by atoms with Gasteiger partial charge in [-0.3, -0.25) is 14.2 Å². The predicted molar refractivity (Wildman–Crippen MR) is 98.0 cm³/mol. The second kappa shape index (κ2) is 8.05. The molecule has 3 aromatic rings. The number of alkyl halides is 2. The van der Waals surface area contributed by atoms with E-state index in [-0.39, 0.29) is 16.7 Å². The zero-order valence-corrected chi connectivity index (χ0v) is 15.8. The van der Waals surface area contributed by atoms with E-state index in [4.69, 9.17) is 11.6 Å². The van der Waals surface area contributed by atoms with E-state index in [2.05, 4.69) is 15.5 Å². The van der Waals surface area contributed by atoms with Gasteiger partial charge in [0.25, 0.3) is 6.43 Å². The second-order valence-electron chi connectivity index (χ2n) is 6.27. The Labute approximate surface area is 163 Å². The summed E-state index contributed by atoms with van der Waals surface area (Å²) in [6, 6.07) is 6.30. The first-order valence-corrected chi connectivity index (χ1v) is 8.75. The standard InChI is InChI=1S/C18H17ClF3N5O/c1-10-7-15(16(21)22)24-27(10)11(2)18(28)23-17-14(19)9-26(25-17)8-12-3-5-13(20)6-4-12/h3-7,9,11,16H,8H2,1-2H3,(H,23,25,28). The molecule has 1 unspecified atom stereocenters. The van der Waals surface area contributed by atoms with Gasteiger partial charge in [0.15, 0.2) is 5.82 Å². The monoisotopic (exact) mass is 411 g/mol. The molecule has 0 saturated carbocycles. The van der Waals surface area contributed by atoms with Crippen molar-refractivity contribution in [1.82, 2.24) is 19.6 Å². The number of benzene rings is 1. The average Bonchev–Trinajstić information content (AvgIpc) is 3.19. The van der Waals surface area contributed by atoms with Crippen LogP contribution in [-0.4, -0.2) is 25.5 Å². The summed E-state index contributed by atoms with van der Waals surface area (Å²) in [6.45, 7) is 3.46. The highest BCUT2D eigenvalue weighted by molar-refractivity contribution is 6.33. The summed E-state index contributed by atoms with van der Waals surface area (Å²) < 4.78 is 41.3. The van der Waals surface area contributed by atoms with Crippen molar-refractivity contribution in [3.63, 3.8) is 0 Å². The lowest BCUT2D eigenvalue weighted by atomic mass is 10.2. The van der Waals surface area contributed by atoms with Crippen LogP contribution in [0.25, 0.3) is 0 Å². The van der Waals surface area contributed by atoms with Gasteiger partial charge in [0.1, 0.15) is 22.6 Å². The summed E-state index contributed by atoms with van der Waals surface area (Å²) in [7, 11) is 0. The van der Waals surface area contributed by atoms with Crippen molar-refractivity contribution >= 4 is 23.3 Å². The van der Waals surface area contributed by atoms with E-state index in [1.165, 1.54) is 40.7 Å². The molecule has 0 saturated heterocycles. The molecule has 0 bridgehead atoms. The fourth-order valence-corrected chi connectivity index (χ4v) is 2.88. The molecule has 2 heterocycles. The van der Waals surface area contributed by atoms with E-state index in [1.807, 2.05) is 0 Å². The first kappa shape index (κ1) is 19.9. The minimum absolute atomic E-state index is 0.138. The number of hydrogen-bond donors (Lipinski definition) is 1. The number of aryl methyl sites for hydroxylation is 1. The number of hydrogen-bond acceptors (Lipinski definition) is 3. The Morgan fingerprint density at radius 1 is 1.25 bits per heavy atom. The van der Waals surface area contributed by atoms with Gasteiger partial charge < -0.3 is 5.32 Å². The second-order valence-corrected chi connectivity index (χ2v) is 6.68. The molecule has 1 atom stereocenters. The van der Waals surface area contributed by atoms with Crippen LogP contribution >= 0.6 is 11.6 Å². The van der Waals surface area contributed by atoms with Gasteiger partial charge in [0.05, 0.1) is 6.54 Å². The minimum atomic E-state index is -2.72. The molecule has 1 N–H and O–H groups in total. The number of nitrogens with zero attached hydrogens (tertiary/aromatic N) is 4. The van der Waals surface area contributed by atoms with Crippen LogP contribution in [0.1, 0.15) is 36.3 Å². The van der Waals surface area contributed by atoms with E-state index in [0.29, 0.717) is 12.2 Å². The lowest BCUT2D eigenvalue weighted by molar-refractivity contribution is -0.119. The van der Waals surface area contributed by atoms with Crippen LogP contribution in [0.4, 0.5) is 19.0 Å². The Morgan fingerprint density at radius 2 is 1.93 bits per heavy atom. The molecule has 28 heavy (non-hydrogen) atoms. The fraction of sp³-hybridized carbons (Fsp3) is 0.278. The summed E-state index contributed by atoms with van der Waals surface area (Å²) >= 11 is 6.13. The van der Waals surface area contributed by atoms with Gasteiger partial charge >= 0.3 is 0 Å². The third kappa shape index (κ3) is 4.36. The van der Waals surface area contributed by atoms with Crippen LogP contribution in [0.2, 0.25) is 5.02 Å². The molecule has 0 spiro atoms. The van der Waals surface area contributed by atoms with Gasteiger partial charge in [-0.2, -0.15) is 10.2 Å². The number of carbonyl (C=O) groups excluding carboxylic acids is 1. The van der Waals surface area contributed by atoms with Gasteiger partial charge in [0, 0.05) is 11.9 Å². The SMILES string of the molecule is Cc1cc(C(F)F)nn1C(C)C(=O)Nc1nn(Cc2ccc(F)cc2)cc1Cl. The smallest absolute Gasteiger partial charge is 0.282 e. The zero-order chi connectivity index (χ0) is 20.4. The Morgan fingerprint density at radius 3 is 2.54 bits per heavy atom. The minimum Gasteiger partial charge on any atom is -0.306 e. The van der Waals surface area contributed by atoms with Crippen molar-refractivity contribution < 1.29 is 18.0 Å². The number of anilines is 1. The fourth-order valence-electron chi connectivity index (χ4n) is 2.68. The summed E-state index contributed by atoms with van der Waals surface area (Å²) in [4.78, 5) is 12.5. The third-order valence-corrected chi connectivity index (χ3v) is 4.40. The van der Waals surface area contributed by atoms with Crippen LogP contribution < -0.4 is 5.32 Å². The van der Waals surface area contributed by atoms with Crippen molar-refractivity contribution in [2.24, 2.45) is 0 Å². The van der Waals surface area contributed by atoms with Crippen LogP contribution in [0.3, 0.4) is 0 Å². The first-order chi connectivity index (χ1) is 13.2. The van der Waals surface area contributed by atoms with Crippen molar-refractivity contribution in [2.45, 2.75) is 32.9 Å². The Hall–Kier alpha value is -2.81. The zero-order valence-electron chi connectivity index (χ0n) is 15.0. The van der Waals surface area contributed by atoms with Crippen molar-refractivity contribution in [2.75, 3.05) is 5.32 Å². The number of rotatable bonds is 6. The highest BCUT2D eigenvalue weighted by atomic mass is 35.5. The highest BCUT2D eigenvalue weighted by Gasteiger charge is 2.22. The lowest BCUT2D eigenvalue weighted by Crippen LogP contribution is -2.25. The maximum absolute atomic E-state index is 13.0. The van der Waals surface area contributed by atoms with E-state index >= 15 is 0 Å². The maximum atomic E-state index is 13.0. The molecule has 3 rings (SSSR count). The van der Waals surface area contributed by atoms with Gasteiger partial charge in [-0.05, 0) is 37.6 Å². The molecule has 0 aliphatic rings. The number of halogens is 4. The van der Waals surface area contributed by atoms with Gasteiger partial charge in [0.2, 0.25) is 5.91 Å². The predicted octanol–water partition coefficient (Wildman–Crippen LogP) is 4.37. The molecule has 0 radical (unpaired) electrons. The van der Waals surface area contributed by atoms with E-state index in [1.54, 1.807) is 19.1 Å². The molecule has 1 aromatic carbocycles. The number of aromatic nitrogens is 4. The molecule has 1 amide bonds. The molecular weight excluding hydrogens is 395 g/mol. The van der Waals surface area contributed by atoms with Crippen LogP contribution in [0.15, 0.2) is 36.5 Å². The van der Waals surface area contributed by atoms with Gasteiger partial charge in [-0.1, -0.05) is 23.7 Å². The molecule has 6 nitrogen and oxygen atoms in total.